The van der Waals surface area contributed by atoms with Crippen LogP contribution in [0.5, 0.6) is 11.5 Å². The molecule has 0 saturated carbocycles. The lowest BCUT2D eigenvalue weighted by Crippen LogP contribution is -2.74. The second kappa shape index (κ2) is 7.61. The summed E-state index contributed by atoms with van der Waals surface area (Å²) in [6, 6.07) is 35.2. The largest absolute Gasteiger partial charge is 0.455 e. The fraction of sp³-hybridized carbons (Fsp3) is 0.135. The molecule has 3 aliphatic rings. The average molecular weight is 532 g/mol. The molecule has 0 amide bonds. The Morgan fingerprint density at radius 2 is 1.44 bits per heavy atom. The smallest absolute Gasteiger partial charge is 0.447 e. The van der Waals surface area contributed by atoms with Gasteiger partial charge in [-0.05, 0) is 83.6 Å². The zero-order valence-electron chi connectivity index (χ0n) is 23.6. The average Bonchev–Trinajstić information content (AvgIpc) is 3.58. The normalized spacial score (nSPS) is 16.6. The van der Waals surface area contributed by atoms with E-state index in [1.807, 2.05) is 0 Å². The third-order valence-electron chi connectivity index (χ3n) is 9.29. The van der Waals surface area contributed by atoms with Crippen LogP contribution in [-0.2, 0) is 5.66 Å². The van der Waals surface area contributed by atoms with Gasteiger partial charge in [-0.2, -0.15) is 0 Å². The maximum Gasteiger partial charge on any atom is 0.447 e. The summed E-state index contributed by atoms with van der Waals surface area (Å²) in [5.74, 6) is 1.87. The third-order valence-corrected chi connectivity index (χ3v) is 9.29. The van der Waals surface area contributed by atoms with Crippen LogP contribution in [0, 0.1) is 27.7 Å². The van der Waals surface area contributed by atoms with Gasteiger partial charge in [0.1, 0.15) is 11.4 Å². The summed E-state index contributed by atoms with van der Waals surface area (Å²) < 4.78 is 14.4. The quantitative estimate of drug-likeness (QED) is 0.214. The van der Waals surface area contributed by atoms with Gasteiger partial charge in [-0.3, -0.25) is 0 Å². The molecule has 0 saturated heterocycles. The van der Waals surface area contributed by atoms with Crippen molar-refractivity contribution >= 4 is 0 Å². The fourth-order valence-corrected chi connectivity index (χ4v) is 7.93. The molecule has 1 atom stereocenters. The minimum atomic E-state index is -0.564. The molecule has 41 heavy (non-hydrogen) atoms. The van der Waals surface area contributed by atoms with Gasteiger partial charge >= 0.3 is 5.66 Å². The van der Waals surface area contributed by atoms with Crippen LogP contribution in [0.4, 0.5) is 0 Å². The first-order chi connectivity index (χ1) is 20.0. The maximum atomic E-state index is 7.04. The fourth-order valence-electron chi connectivity index (χ4n) is 7.93. The Hall–Kier alpha value is -4.96. The van der Waals surface area contributed by atoms with Crippen LogP contribution in [0.25, 0.3) is 39.2 Å². The molecule has 0 bridgehead atoms. The third kappa shape index (κ3) is 2.61. The molecule has 0 N–H and O–H groups in total. The Balaban J connectivity index is 1.40. The number of ether oxygens (including phenoxy) is 1. The lowest BCUT2D eigenvalue weighted by molar-refractivity contribution is -0.990. The van der Waals surface area contributed by atoms with E-state index in [2.05, 4.69) is 145 Å². The summed E-state index contributed by atoms with van der Waals surface area (Å²) >= 11 is 0. The molecule has 2 aromatic heterocycles. The summed E-state index contributed by atoms with van der Waals surface area (Å²) in [5, 5.41) is 0. The summed E-state index contributed by atoms with van der Waals surface area (Å²) in [6.45, 7) is 8.88. The first-order valence-corrected chi connectivity index (χ1v) is 14.3. The van der Waals surface area contributed by atoms with Gasteiger partial charge in [-0.25, -0.2) is 0 Å². The molecule has 0 radical (unpaired) electrons. The Kier molecular flexibility index (Phi) is 4.24. The molecule has 4 nitrogen and oxygen atoms in total. The molecule has 5 heterocycles. The number of nitrogens with zero attached hydrogens (tertiary/aromatic N) is 3. The number of hydrogen-bond donors (Lipinski definition) is 0. The van der Waals surface area contributed by atoms with E-state index in [-0.39, 0.29) is 0 Å². The van der Waals surface area contributed by atoms with Gasteiger partial charge in [0.2, 0.25) is 11.4 Å². The van der Waals surface area contributed by atoms with Crippen LogP contribution in [0.1, 0.15) is 33.6 Å². The Morgan fingerprint density at radius 3 is 2.24 bits per heavy atom. The highest BCUT2D eigenvalue weighted by Gasteiger charge is 2.73. The van der Waals surface area contributed by atoms with E-state index in [4.69, 9.17) is 4.74 Å². The van der Waals surface area contributed by atoms with Crippen LogP contribution in [-0.4, -0.2) is 4.68 Å². The topological polar surface area (TPSA) is 21.9 Å². The van der Waals surface area contributed by atoms with E-state index in [0.29, 0.717) is 0 Å². The predicted molar refractivity (Wildman–Crippen MR) is 160 cm³/mol. The Morgan fingerprint density at radius 1 is 0.683 bits per heavy atom. The maximum absolute atomic E-state index is 7.04. The SMILES string of the molecule is Cc1cc(-c2ccccc2)cc(C)c1-c1ccc2c3c1Oc1cccc4c1C3([n+]1ccccc1-2)[n+]1c(C)cc(C)n1-4. The van der Waals surface area contributed by atoms with Gasteiger partial charge in [0.15, 0.2) is 23.1 Å². The monoisotopic (exact) mass is 531 g/mol. The molecule has 9 rings (SSSR count). The first-order valence-electron chi connectivity index (χ1n) is 14.3. The molecular formula is C37H29N3O+2. The number of benzene rings is 4. The van der Waals surface area contributed by atoms with Gasteiger partial charge in [0, 0.05) is 30.7 Å². The molecule has 4 aromatic carbocycles. The molecule has 196 valence electrons. The van der Waals surface area contributed by atoms with Crippen LogP contribution in [0.15, 0.2) is 103 Å². The second-order valence-corrected chi connectivity index (χ2v) is 11.6. The minimum Gasteiger partial charge on any atom is -0.455 e. The number of pyridine rings is 1. The number of rotatable bonds is 2. The molecular weight excluding hydrogens is 502 g/mol. The van der Waals surface area contributed by atoms with E-state index in [1.165, 1.54) is 67.3 Å². The highest BCUT2D eigenvalue weighted by atomic mass is 16.5. The number of aryl methyl sites for hydroxylation is 4. The summed E-state index contributed by atoms with van der Waals surface area (Å²) in [6.07, 6.45) is 2.24. The van der Waals surface area contributed by atoms with Crippen molar-refractivity contribution in [1.29, 1.82) is 0 Å². The van der Waals surface area contributed by atoms with Crippen molar-refractivity contribution in [3.8, 4) is 50.7 Å². The predicted octanol–water partition coefficient (Wildman–Crippen LogP) is 7.32. The van der Waals surface area contributed by atoms with E-state index in [9.17, 15) is 0 Å². The van der Waals surface area contributed by atoms with Crippen LogP contribution < -0.4 is 14.0 Å². The van der Waals surface area contributed by atoms with Gasteiger partial charge < -0.3 is 4.74 Å². The molecule has 4 heteroatoms. The van der Waals surface area contributed by atoms with Crippen LogP contribution >= 0.6 is 0 Å². The first kappa shape index (κ1) is 22.8. The molecule has 1 unspecified atom stereocenters. The summed E-state index contributed by atoms with van der Waals surface area (Å²) in [4.78, 5) is 0. The Bertz CT molecular complexity index is 2100. The molecule has 0 aliphatic carbocycles. The lowest BCUT2D eigenvalue weighted by Gasteiger charge is -2.27. The highest BCUT2D eigenvalue weighted by molar-refractivity contribution is 5.87. The molecule has 0 fully saturated rings. The highest BCUT2D eigenvalue weighted by Crippen LogP contribution is 2.58. The van der Waals surface area contributed by atoms with Crippen molar-refractivity contribution in [3.63, 3.8) is 0 Å². The minimum absolute atomic E-state index is 0.564. The van der Waals surface area contributed by atoms with Crippen molar-refractivity contribution < 1.29 is 14.0 Å². The van der Waals surface area contributed by atoms with Crippen molar-refractivity contribution in [2.45, 2.75) is 33.4 Å². The van der Waals surface area contributed by atoms with Gasteiger partial charge in [-0.1, -0.05) is 48.5 Å². The van der Waals surface area contributed by atoms with Crippen molar-refractivity contribution in [3.05, 3.63) is 137 Å². The summed E-state index contributed by atoms with van der Waals surface area (Å²) in [5.41, 5.74) is 15.3. The van der Waals surface area contributed by atoms with Crippen molar-refractivity contribution in [2.24, 2.45) is 0 Å². The van der Waals surface area contributed by atoms with E-state index in [1.54, 1.807) is 0 Å². The van der Waals surface area contributed by atoms with Crippen molar-refractivity contribution in [1.82, 2.24) is 4.68 Å². The van der Waals surface area contributed by atoms with Gasteiger partial charge in [-0.15, -0.1) is 9.25 Å². The van der Waals surface area contributed by atoms with Crippen molar-refractivity contribution in [2.75, 3.05) is 0 Å². The zero-order valence-corrected chi connectivity index (χ0v) is 23.6. The second-order valence-electron chi connectivity index (χ2n) is 11.6. The van der Waals surface area contributed by atoms with Crippen LogP contribution in [0.3, 0.4) is 0 Å². The zero-order chi connectivity index (χ0) is 27.6. The summed E-state index contributed by atoms with van der Waals surface area (Å²) in [7, 11) is 0. The number of fused-ring (bicyclic) bond motifs is 4. The number of aromatic nitrogens is 3. The number of hydrogen-bond acceptors (Lipinski definition) is 1. The molecule has 6 aromatic rings. The molecule has 3 aliphatic heterocycles. The lowest BCUT2D eigenvalue weighted by atomic mass is 9.82. The van der Waals surface area contributed by atoms with E-state index in [0.717, 1.165) is 17.1 Å². The van der Waals surface area contributed by atoms with Crippen LogP contribution in [0.2, 0.25) is 0 Å². The van der Waals surface area contributed by atoms with Gasteiger partial charge in [0.05, 0.1) is 11.3 Å². The van der Waals surface area contributed by atoms with Gasteiger partial charge in [0.25, 0.3) is 0 Å². The Labute approximate surface area is 239 Å². The standard InChI is InChI=1S/C37H29N3O/c1-22-19-27(26-11-6-5-7-12-26)20-23(2)33(22)29-17-16-28-30-13-8-9-18-38(30)37-34(28)36(29)41-32-15-10-14-31(35(32)37)39-24(3)21-25(4)40(37)39/h5-21H,1-4H3/q+2. The van der Waals surface area contributed by atoms with E-state index < -0.39 is 5.66 Å². The van der Waals surface area contributed by atoms with E-state index >= 15 is 0 Å². The molecule has 1 spiro atoms.